The highest BCUT2D eigenvalue weighted by Gasteiger charge is 2.10. The highest BCUT2D eigenvalue weighted by molar-refractivity contribution is 5.73. The summed E-state index contributed by atoms with van der Waals surface area (Å²) < 4.78 is 0. The van der Waals surface area contributed by atoms with Crippen molar-refractivity contribution in [3.8, 4) is 0 Å². The van der Waals surface area contributed by atoms with E-state index in [0.29, 0.717) is 18.9 Å². The number of urea groups is 1. The molecule has 1 unspecified atom stereocenters. The van der Waals surface area contributed by atoms with E-state index in [2.05, 4.69) is 24.5 Å². The van der Waals surface area contributed by atoms with Crippen LogP contribution in [0.25, 0.3) is 0 Å². The van der Waals surface area contributed by atoms with Crippen LogP contribution in [0.2, 0.25) is 0 Å². The van der Waals surface area contributed by atoms with Gasteiger partial charge in [-0.15, -0.1) is 0 Å². The standard InChI is InChI=1S/C16H32N2O3/c1-3-5-6-7-12-17-16(21)18-13-11-14(8-4-2)9-10-15(19)20/h14H,3-13H2,1-2H3,(H,19,20)(H2,17,18,21). The Morgan fingerprint density at radius 2 is 1.62 bits per heavy atom. The molecule has 5 nitrogen and oxygen atoms in total. The van der Waals surface area contributed by atoms with Crippen molar-refractivity contribution in [2.24, 2.45) is 5.92 Å². The van der Waals surface area contributed by atoms with Gasteiger partial charge in [0.2, 0.25) is 0 Å². The second-order valence-electron chi connectivity index (χ2n) is 5.62. The van der Waals surface area contributed by atoms with Crippen LogP contribution < -0.4 is 10.6 Å². The first kappa shape index (κ1) is 19.7. The molecule has 0 spiro atoms. The monoisotopic (exact) mass is 300 g/mol. The highest BCUT2D eigenvalue weighted by atomic mass is 16.4. The Balaban J connectivity index is 3.66. The normalized spacial score (nSPS) is 11.9. The summed E-state index contributed by atoms with van der Waals surface area (Å²) in [7, 11) is 0. The molecule has 21 heavy (non-hydrogen) atoms. The van der Waals surface area contributed by atoms with Crippen LogP contribution in [-0.2, 0) is 4.79 Å². The average Bonchev–Trinajstić information content (AvgIpc) is 2.44. The molecule has 0 fully saturated rings. The van der Waals surface area contributed by atoms with Crippen molar-refractivity contribution in [2.75, 3.05) is 13.1 Å². The van der Waals surface area contributed by atoms with Crippen LogP contribution >= 0.6 is 0 Å². The van der Waals surface area contributed by atoms with Crippen LogP contribution in [0.15, 0.2) is 0 Å². The molecule has 3 N–H and O–H groups in total. The Morgan fingerprint density at radius 3 is 2.24 bits per heavy atom. The van der Waals surface area contributed by atoms with Gasteiger partial charge in [0.05, 0.1) is 0 Å². The minimum atomic E-state index is -0.742. The second-order valence-corrected chi connectivity index (χ2v) is 5.62. The molecular weight excluding hydrogens is 268 g/mol. The van der Waals surface area contributed by atoms with Gasteiger partial charge >= 0.3 is 12.0 Å². The van der Waals surface area contributed by atoms with E-state index >= 15 is 0 Å². The minimum absolute atomic E-state index is 0.111. The van der Waals surface area contributed by atoms with Gasteiger partial charge in [0.15, 0.2) is 0 Å². The molecule has 0 aromatic carbocycles. The summed E-state index contributed by atoms with van der Waals surface area (Å²) in [6.45, 7) is 5.61. The first-order chi connectivity index (χ1) is 10.1. The molecule has 1 atom stereocenters. The Kier molecular flexibility index (Phi) is 12.9. The summed E-state index contributed by atoms with van der Waals surface area (Å²) in [5.74, 6) is -0.357. The first-order valence-electron chi connectivity index (χ1n) is 8.33. The van der Waals surface area contributed by atoms with E-state index in [1.165, 1.54) is 12.8 Å². The highest BCUT2D eigenvalue weighted by Crippen LogP contribution is 2.17. The van der Waals surface area contributed by atoms with Gasteiger partial charge < -0.3 is 15.7 Å². The second kappa shape index (κ2) is 13.7. The van der Waals surface area contributed by atoms with Gasteiger partial charge in [0, 0.05) is 19.5 Å². The number of amides is 2. The number of carboxylic acid groups (broad SMARTS) is 1. The Morgan fingerprint density at radius 1 is 0.905 bits per heavy atom. The van der Waals surface area contributed by atoms with E-state index in [1.54, 1.807) is 0 Å². The molecule has 0 aromatic heterocycles. The van der Waals surface area contributed by atoms with E-state index in [0.717, 1.165) is 38.6 Å². The molecule has 2 amide bonds. The fourth-order valence-electron chi connectivity index (χ4n) is 2.37. The number of carbonyl (C=O) groups excluding carboxylic acids is 1. The van der Waals surface area contributed by atoms with Gasteiger partial charge in [0.25, 0.3) is 0 Å². The summed E-state index contributed by atoms with van der Waals surface area (Å²) in [6, 6.07) is -0.111. The van der Waals surface area contributed by atoms with Crippen molar-refractivity contribution in [1.82, 2.24) is 10.6 Å². The SMILES string of the molecule is CCCCCCNC(=O)NCCC(CCC)CCC(=O)O. The van der Waals surface area contributed by atoms with Crippen molar-refractivity contribution in [1.29, 1.82) is 0 Å². The smallest absolute Gasteiger partial charge is 0.314 e. The summed E-state index contributed by atoms with van der Waals surface area (Å²) in [6.07, 6.45) is 8.43. The third-order valence-corrected chi connectivity index (χ3v) is 3.62. The van der Waals surface area contributed by atoms with Crippen LogP contribution in [-0.4, -0.2) is 30.2 Å². The third-order valence-electron chi connectivity index (χ3n) is 3.62. The minimum Gasteiger partial charge on any atom is -0.481 e. The molecule has 0 bridgehead atoms. The molecule has 0 saturated carbocycles. The molecule has 0 rings (SSSR count). The van der Waals surface area contributed by atoms with E-state index in [4.69, 9.17) is 5.11 Å². The lowest BCUT2D eigenvalue weighted by Gasteiger charge is -2.15. The Labute approximate surface area is 128 Å². The molecule has 0 aliphatic rings. The molecule has 0 aliphatic heterocycles. The zero-order valence-corrected chi connectivity index (χ0v) is 13.6. The van der Waals surface area contributed by atoms with Gasteiger partial charge in [-0.05, 0) is 25.2 Å². The Bertz CT molecular complexity index is 283. The number of nitrogens with one attached hydrogen (secondary N) is 2. The fraction of sp³-hybridized carbons (Fsp3) is 0.875. The lowest BCUT2D eigenvalue weighted by atomic mass is 9.94. The van der Waals surface area contributed by atoms with E-state index < -0.39 is 5.97 Å². The van der Waals surface area contributed by atoms with E-state index in [1.807, 2.05) is 0 Å². The summed E-state index contributed by atoms with van der Waals surface area (Å²) in [5, 5.41) is 14.4. The average molecular weight is 300 g/mol. The molecule has 5 heteroatoms. The molecule has 124 valence electrons. The number of hydrogen-bond donors (Lipinski definition) is 3. The summed E-state index contributed by atoms with van der Waals surface area (Å²) >= 11 is 0. The zero-order chi connectivity index (χ0) is 15.9. The zero-order valence-electron chi connectivity index (χ0n) is 13.6. The summed E-state index contributed by atoms with van der Waals surface area (Å²) in [4.78, 5) is 22.2. The van der Waals surface area contributed by atoms with Gasteiger partial charge in [-0.25, -0.2) is 4.79 Å². The predicted octanol–water partition coefficient (Wildman–Crippen LogP) is 3.54. The molecular formula is C16H32N2O3. The van der Waals surface area contributed by atoms with Crippen LogP contribution in [0.5, 0.6) is 0 Å². The van der Waals surface area contributed by atoms with E-state index in [9.17, 15) is 9.59 Å². The number of aliphatic carboxylic acids is 1. The van der Waals surface area contributed by atoms with Crippen LogP contribution in [0.3, 0.4) is 0 Å². The summed E-state index contributed by atoms with van der Waals surface area (Å²) in [5.41, 5.74) is 0. The maximum absolute atomic E-state index is 11.6. The Hall–Kier alpha value is -1.26. The maximum Gasteiger partial charge on any atom is 0.314 e. The number of carbonyl (C=O) groups is 2. The fourth-order valence-corrected chi connectivity index (χ4v) is 2.37. The largest absolute Gasteiger partial charge is 0.481 e. The topological polar surface area (TPSA) is 78.4 Å². The number of rotatable bonds is 13. The predicted molar refractivity (Wildman–Crippen MR) is 85.4 cm³/mol. The van der Waals surface area contributed by atoms with E-state index in [-0.39, 0.29) is 12.5 Å². The van der Waals surface area contributed by atoms with Crippen molar-refractivity contribution in [3.63, 3.8) is 0 Å². The van der Waals surface area contributed by atoms with Crippen molar-refractivity contribution >= 4 is 12.0 Å². The molecule has 0 heterocycles. The number of hydrogen-bond acceptors (Lipinski definition) is 2. The molecule has 0 radical (unpaired) electrons. The van der Waals surface area contributed by atoms with Gasteiger partial charge in [-0.3, -0.25) is 4.79 Å². The van der Waals surface area contributed by atoms with Gasteiger partial charge in [-0.2, -0.15) is 0 Å². The van der Waals surface area contributed by atoms with Gasteiger partial charge in [-0.1, -0.05) is 46.0 Å². The van der Waals surface area contributed by atoms with Crippen molar-refractivity contribution < 1.29 is 14.7 Å². The number of unbranched alkanes of at least 4 members (excludes halogenated alkanes) is 3. The molecule has 0 saturated heterocycles. The molecule has 0 aliphatic carbocycles. The van der Waals surface area contributed by atoms with Crippen LogP contribution in [0, 0.1) is 5.92 Å². The lowest BCUT2D eigenvalue weighted by molar-refractivity contribution is -0.137. The van der Waals surface area contributed by atoms with Crippen molar-refractivity contribution in [3.05, 3.63) is 0 Å². The number of carboxylic acids is 1. The van der Waals surface area contributed by atoms with Crippen LogP contribution in [0.4, 0.5) is 4.79 Å². The first-order valence-corrected chi connectivity index (χ1v) is 8.33. The van der Waals surface area contributed by atoms with Gasteiger partial charge in [0.1, 0.15) is 0 Å². The molecule has 0 aromatic rings. The quantitative estimate of drug-likeness (QED) is 0.455. The van der Waals surface area contributed by atoms with Crippen LogP contribution in [0.1, 0.15) is 71.6 Å². The lowest BCUT2D eigenvalue weighted by Crippen LogP contribution is -2.37. The van der Waals surface area contributed by atoms with Crippen molar-refractivity contribution in [2.45, 2.75) is 71.6 Å². The maximum atomic E-state index is 11.6. The third kappa shape index (κ3) is 13.5.